The Balaban J connectivity index is 0.00000128. The van der Waals surface area contributed by atoms with Crippen molar-refractivity contribution in [3.05, 3.63) is 0 Å². The first-order chi connectivity index (χ1) is 7.36. The molecule has 0 aromatic carbocycles. The number of rotatable bonds is 3. The van der Waals surface area contributed by atoms with Crippen LogP contribution in [0.2, 0.25) is 0 Å². The first-order valence-electron chi connectivity index (χ1n) is 6.07. The van der Waals surface area contributed by atoms with Gasteiger partial charge in [-0.05, 0) is 25.9 Å². The van der Waals surface area contributed by atoms with Gasteiger partial charge in [0.15, 0.2) is 0 Å². The molecule has 6 heteroatoms. The van der Waals surface area contributed by atoms with Crippen molar-refractivity contribution in [2.75, 3.05) is 45.8 Å². The number of carbonyl (C=O) groups excluding carboxylic acids is 1. The molecule has 0 spiro atoms. The van der Waals surface area contributed by atoms with Crippen molar-refractivity contribution < 1.29 is 4.79 Å². The number of nitrogens with one attached hydrogen (secondary N) is 1. The molecular weight excluding hydrogens is 261 g/mol. The van der Waals surface area contributed by atoms with E-state index < -0.39 is 0 Å². The third kappa shape index (κ3) is 5.42. The fraction of sp³-hybridized carbons (Fsp3) is 0.909. The van der Waals surface area contributed by atoms with Gasteiger partial charge in [0.1, 0.15) is 0 Å². The molecule has 0 aromatic rings. The molecule has 17 heavy (non-hydrogen) atoms. The molecule has 0 aliphatic carbocycles. The molecule has 2 rings (SSSR count). The van der Waals surface area contributed by atoms with E-state index in [1.165, 1.54) is 25.9 Å². The fourth-order valence-electron chi connectivity index (χ4n) is 2.33. The van der Waals surface area contributed by atoms with E-state index in [0.29, 0.717) is 12.3 Å². The van der Waals surface area contributed by atoms with Gasteiger partial charge in [-0.1, -0.05) is 0 Å². The lowest BCUT2D eigenvalue weighted by molar-refractivity contribution is -0.132. The van der Waals surface area contributed by atoms with Crippen LogP contribution in [0.1, 0.15) is 19.3 Å². The number of amides is 1. The lowest BCUT2D eigenvalue weighted by Crippen LogP contribution is -2.47. The summed E-state index contributed by atoms with van der Waals surface area (Å²) in [6.45, 7) is 7.02. The lowest BCUT2D eigenvalue weighted by atomic mass is 10.3. The van der Waals surface area contributed by atoms with Crippen LogP contribution in [0.4, 0.5) is 0 Å². The maximum atomic E-state index is 11.8. The second-order valence-electron chi connectivity index (χ2n) is 4.43. The maximum Gasteiger partial charge on any atom is 0.223 e. The predicted molar refractivity (Wildman–Crippen MR) is 74.2 cm³/mol. The van der Waals surface area contributed by atoms with Gasteiger partial charge in [0, 0.05) is 39.1 Å². The van der Waals surface area contributed by atoms with Gasteiger partial charge in [-0.15, -0.1) is 24.8 Å². The van der Waals surface area contributed by atoms with Crippen LogP contribution in [0.5, 0.6) is 0 Å². The van der Waals surface area contributed by atoms with E-state index in [1.807, 2.05) is 4.90 Å². The van der Waals surface area contributed by atoms with E-state index in [0.717, 1.165) is 32.7 Å². The van der Waals surface area contributed by atoms with Crippen molar-refractivity contribution in [1.29, 1.82) is 0 Å². The maximum absolute atomic E-state index is 11.8. The number of carbonyl (C=O) groups is 1. The third-order valence-electron chi connectivity index (χ3n) is 3.31. The first kappa shape index (κ1) is 17.0. The summed E-state index contributed by atoms with van der Waals surface area (Å²) >= 11 is 0. The van der Waals surface area contributed by atoms with Crippen LogP contribution in [0.25, 0.3) is 0 Å². The molecule has 0 unspecified atom stereocenters. The van der Waals surface area contributed by atoms with Gasteiger partial charge in [0.25, 0.3) is 0 Å². The van der Waals surface area contributed by atoms with E-state index in [4.69, 9.17) is 0 Å². The van der Waals surface area contributed by atoms with Crippen molar-refractivity contribution in [2.45, 2.75) is 19.3 Å². The average Bonchev–Trinajstić information content (AvgIpc) is 2.80. The number of hydrogen-bond donors (Lipinski definition) is 1. The zero-order valence-electron chi connectivity index (χ0n) is 10.2. The number of nitrogens with zero attached hydrogens (tertiary/aromatic N) is 2. The largest absolute Gasteiger partial charge is 0.340 e. The summed E-state index contributed by atoms with van der Waals surface area (Å²) in [5, 5.41) is 3.26. The summed E-state index contributed by atoms with van der Waals surface area (Å²) in [5.41, 5.74) is 0. The molecule has 2 aliphatic heterocycles. The molecule has 1 amide bonds. The minimum atomic E-state index is 0. The SMILES string of the molecule is Cl.Cl.O=C(CCN1CCCC1)N1CCNCC1. The zero-order valence-corrected chi connectivity index (χ0v) is 11.8. The summed E-state index contributed by atoms with van der Waals surface area (Å²) < 4.78 is 0. The molecule has 0 radical (unpaired) electrons. The van der Waals surface area contributed by atoms with Gasteiger partial charge < -0.3 is 15.1 Å². The van der Waals surface area contributed by atoms with Gasteiger partial charge in [0.2, 0.25) is 5.91 Å². The molecule has 2 aliphatic rings. The minimum Gasteiger partial charge on any atom is -0.340 e. The Morgan fingerprint density at radius 2 is 1.59 bits per heavy atom. The topological polar surface area (TPSA) is 35.6 Å². The fourth-order valence-corrected chi connectivity index (χ4v) is 2.33. The molecule has 0 atom stereocenters. The number of hydrogen-bond acceptors (Lipinski definition) is 3. The van der Waals surface area contributed by atoms with E-state index in [-0.39, 0.29) is 24.8 Å². The normalized spacial score (nSPS) is 20.6. The highest BCUT2D eigenvalue weighted by Crippen LogP contribution is 2.08. The molecule has 2 saturated heterocycles. The monoisotopic (exact) mass is 283 g/mol. The average molecular weight is 284 g/mol. The number of halogens is 2. The molecule has 4 nitrogen and oxygen atoms in total. The van der Waals surface area contributed by atoms with Gasteiger partial charge in [-0.25, -0.2) is 0 Å². The summed E-state index contributed by atoms with van der Waals surface area (Å²) in [5.74, 6) is 0.336. The molecule has 2 heterocycles. The summed E-state index contributed by atoms with van der Waals surface area (Å²) in [4.78, 5) is 16.2. The standard InChI is InChI=1S/C11H21N3O.2ClH/c15-11(14-9-4-12-5-10-14)3-8-13-6-1-2-7-13;;/h12H,1-10H2;2*1H. The van der Waals surface area contributed by atoms with Crippen molar-refractivity contribution in [1.82, 2.24) is 15.1 Å². The van der Waals surface area contributed by atoms with Crippen LogP contribution in [0.15, 0.2) is 0 Å². The Morgan fingerprint density at radius 3 is 2.18 bits per heavy atom. The van der Waals surface area contributed by atoms with Crippen molar-refractivity contribution in [3.8, 4) is 0 Å². The van der Waals surface area contributed by atoms with E-state index >= 15 is 0 Å². The quantitative estimate of drug-likeness (QED) is 0.830. The summed E-state index contributed by atoms with van der Waals surface area (Å²) in [6, 6.07) is 0. The van der Waals surface area contributed by atoms with E-state index in [9.17, 15) is 4.79 Å². The van der Waals surface area contributed by atoms with Crippen LogP contribution < -0.4 is 5.32 Å². The molecule has 0 aromatic heterocycles. The van der Waals surface area contributed by atoms with Crippen LogP contribution >= 0.6 is 24.8 Å². The Kier molecular flexibility index (Phi) is 8.96. The van der Waals surface area contributed by atoms with Crippen LogP contribution in [-0.4, -0.2) is 61.5 Å². The molecule has 102 valence electrons. The van der Waals surface area contributed by atoms with Crippen LogP contribution in [0, 0.1) is 0 Å². The highest BCUT2D eigenvalue weighted by atomic mass is 35.5. The lowest BCUT2D eigenvalue weighted by Gasteiger charge is -2.28. The number of likely N-dealkylation sites (tertiary alicyclic amines) is 1. The highest BCUT2D eigenvalue weighted by Gasteiger charge is 2.18. The zero-order chi connectivity index (χ0) is 10.5. The van der Waals surface area contributed by atoms with Gasteiger partial charge in [-0.3, -0.25) is 4.79 Å². The van der Waals surface area contributed by atoms with Gasteiger partial charge in [0.05, 0.1) is 0 Å². The Bertz CT molecular complexity index is 217. The van der Waals surface area contributed by atoms with Crippen molar-refractivity contribution in [2.24, 2.45) is 0 Å². The molecule has 0 bridgehead atoms. The van der Waals surface area contributed by atoms with Crippen LogP contribution in [-0.2, 0) is 4.79 Å². The van der Waals surface area contributed by atoms with Gasteiger partial charge >= 0.3 is 0 Å². The smallest absolute Gasteiger partial charge is 0.223 e. The van der Waals surface area contributed by atoms with Crippen LogP contribution in [0.3, 0.4) is 0 Å². The molecular formula is C11H23Cl2N3O. The Morgan fingerprint density at radius 1 is 1.00 bits per heavy atom. The third-order valence-corrected chi connectivity index (χ3v) is 3.31. The summed E-state index contributed by atoms with van der Waals surface area (Å²) in [6.07, 6.45) is 3.32. The summed E-state index contributed by atoms with van der Waals surface area (Å²) in [7, 11) is 0. The second-order valence-corrected chi connectivity index (χ2v) is 4.43. The number of piperazine rings is 1. The predicted octanol–water partition coefficient (Wildman–Crippen LogP) is 0.748. The van der Waals surface area contributed by atoms with Crippen molar-refractivity contribution >= 4 is 30.7 Å². The first-order valence-corrected chi connectivity index (χ1v) is 6.07. The van der Waals surface area contributed by atoms with Gasteiger partial charge in [-0.2, -0.15) is 0 Å². The highest BCUT2D eigenvalue weighted by molar-refractivity contribution is 5.85. The molecule has 0 saturated carbocycles. The Labute approximate surface area is 116 Å². The molecule has 1 N–H and O–H groups in total. The molecule has 2 fully saturated rings. The van der Waals surface area contributed by atoms with Crippen molar-refractivity contribution in [3.63, 3.8) is 0 Å². The minimum absolute atomic E-state index is 0. The van der Waals surface area contributed by atoms with E-state index in [2.05, 4.69) is 10.2 Å². The Hall–Kier alpha value is -0.0300. The van der Waals surface area contributed by atoms with E-state index in [1.54, 1.807) is 0 Å². The second kappa shape index (κ2) is 8.97.